The Labute approximate surface area is 187 Å². The molecule has 2 unspecified atom stereocenters. The van der Waals surface area contributed by atoms with Gasteiger partial charge in [0.1, 0.15) is 30.3 Å². The van der Waals surface area contributed by atoms with Gasteiger partial charge in [-0.15, -0.1) is 0 Å². The molecular formula is C24H27FN4O3. The molecule has 2 atom stereocenters. The summed E-state index contributed by atoms with van der Waals surface area (Å²) >= 11 is 0. The highest BCUT2D eigenvalue weighted by Gasteiger charge is 2.24. The molecule has 4 rings (SSSR count). The van der Waals surface area contributed by atoms with Crippen molar-refractivity contribution in [2.45, 2.75) is 25.0 Å². The number of hydrogen-bond donors (Lipinski definition) is 2. The van der Waals surface area contributed by atoms with Crippen molar-refractivity contribution in [1.29, 1.82) is 5.26 Å². The van der Waals surface area contributed by atoms with Gasteiger partial charge in [0.2, 0.25) is 0 Å². The summed E-state index contributed by atoms with van der Waals surface area (Å²) in [5.41, 5.74) is 2.97. The number of anilines is 1. The zero-order valence-electron chi connectivity index (χ0n) is 18.1. The van der Waals surface area contributed by atoms with Crippen molar-refractivity contribution in [1.82, 2.24) is 10.6 Å². The van der Waals surface area contributed by atoms with Crippen LogP contribution in [0.15, 0.2) is 36.4 Å². The number of benzene rings is 2. The fourth-order valence-electron chi connectivity index (χ4n) is 3.92. The number of nitrogens with zero attached hydrogens (tertiary/aromatic N) is 2. The standard InChI is InChI=1S/C24H27FN4O3/c1-29-8-10-32-22-6-5-17(13-21(22)29)16-3-4-18(20(25)12-16)11-19(14-26)28-24(30)23-15-27-7-2-9-31-23/h3-6,12-13,19,23,27H,2,7-11,15H2,1H3,(H,28,30). The molecule has 2 N–H and O–H groups in total. The number of ether oxygens (including phenoxy) is 2. The Morgan fingerprint density at radius 3 is 2.94 bits per heavy atom. The molecule has 0 bridgehead atoms. The maximum absolute atomic E-state index is 14.9. The van der Waals surface area contributed by atoms with E-state index in [1.165, 1.54) is 6.07 Å². The minimum atomic E-state index is -0.843. The van der Waals surface area contributed by atoms with E-state index in [0.29, 0.717) is 25.3 Å². The average Bonchev–Trinajstić information content (AvgIpc) is 3.09. The first-order chi connectivity index (χ1) is 15.5. The van der Waals surface area contributed by atoms with Gasteiger partial charge >= 0.3 is 0 Å². The van der Waals surface area contributed by atoms with E-state index >= 15 is 0 Å². The number of nitriles is 1. The van der Waals surface area contributed by atoms with E-state index in [2.05, 4.69) is 21.6 Å². The van der Waals surface area contributed by atoms with Crippen molar-refractivity contribution in [3.8, 4) is 22.9 Å². The van der Waals surface area contributed by atoms with Crippen molar-refractivity contribution in [3.05, 3.63) is 47.8 Å². The van der Waals surface area contributed by atoms with Crippen LogP contribution in [0.1, 0.15) is 12.0 Å². The maximum Gasteiger partial charge on any atom is 0.251 e. The minimum Gasteiger partial charge on any atom is -0.490 e. The zero-order chi connectivity index (χ0) is 22.5. The second-order valence-electron chi connectivity index (χ2n) is 8.07. The van der Waals surface area contributed by atoms with Crippen LogP contribution in [-0.2, 0) is 16.0 Å². The minimum absolute atomic E-state index is 0.0786. The third-order valence-electron chi connectivity index (χ3n) is 5.78. The monoisotopic (exact) mass is 438 g/mol. The highest BCUT2D eigenvalue weighted by molar-refractivity contribution is 5.81. The summed E-state index contributed by atoms with van der Waals surface area (Å²) in [6.45, 7) is 3.12. The normalized spacial score (nSPS) is 19.2. The van der Waals surface area contributed by atoms with Crippen LogP contribution < -0.4 is 20.3 Å². The maximum atomic E-state index is 14.9. The molecule has 1 saturated heterocycles. The van der Waals surface area contributed by atoms with Gasteiger partial charge in [-0.25, -0.2) is 4.39 Å². The van der Waals surface area contributed by atoms with Gasteiger partial charge in [0.05, 0.1) is 18.3 Å². The number of halogens is 1. The molecule has 2 heterocycles. The summed E-state index contributed by atoms with van der Waals surface area (Å²) in [7, 11) is 2.00. The second-order valence-corrected chi connectivity index (χ2v) is 8.07. The first kappa shape index (κ1) is 22.1. The summed E-state index contributed by atoms with van der Waals surface area (Å²) in [6.07, 6.45) is 0.262. The predicted molar refractivity (Wildman–Crippen MR) is 119 cm³/mol. The Morgan fingerprint density at radius 2 is 2.12 bits per heavy atom. The Balaban J connectivity index is 1.45. The molecule has 2 aromatic rings. The molecule has 2 aliphatic rings. The SMILES string of the molecule is CN1CCOc2ccc(-c3ccc(CC(C#N)NC(=O)C4CNCCCO4)c(F)c3)cc21. The van der Waals surface area contributed by atoms with Crippen molar-refractivity contribution in [2.24, 2.45) is 0 Å². The third-order valence-corrected chi connectivity index (χ3v) is 5.78. The van der Waals surface area contributed by atoms with Crippen molar-refractivity contribution < 1.29 is 18.7 Å². The molecule has 1 fully saturated rings. The number of amides is 1. The topological polar surface area (TPSA) is 86.6 Å². The first-order valence-corrected chi connectivity index (χ1v) is 10.8. The lowest BCUT2D eigenvalue weighted by Gasteiger charge is -2.28. The van der Waals surface area contributed by atoms with E-state index in [1.807, 2.05) is 31.3 Å². The lowest BCUT2D eigenvalue weighted by molar-refractivity contribution is -0.132. The van der Waals surface area contributed by atoms with Crippen LogP contribution in [0.4, 0.5) is 10.1 Å². The van der Waals surface area contributed by atoms with Crippen LogP contribution in [0, 0.1) is 17.1 Å². The molecule has 0 spiro atoms. The fourth-order valence-corrected chi connectivity index (χ4v) is 3.92. The average molecular weight is 439 g/mol. The predicted octanol–water partition coefficient (Wildman–Crippen LogP) is 2.25. The molecule has 1 amide bonds. The Kier molecular flexibility index (Phi) is 6.88. The quantitative estimate of drug-likeness (QED) is 0.745. The zero-order valence-corrected chi connectivity index (χ0v) is 18.1. The molecule has 0 radical (unpaired) electrons. The number of nitrogens with one attached hydrogen (secondary N) is 2. The van der Waals surface area contributed by atoms with Crippen LogP contribution in [0.5, 0.6) is 5.75 Å². The molecule has 0 saturated carbocycles. The molecule has 32 heavy (non-hydrogen) atoms. The molecule has 0 aromatic heterocycles. The van der Waals surface area contributed by atoms with E-state index in [9.17, 15) is 14.4 Å². The van der Waals surface area contributed by atoms with Gasteiger partial charge in [-0.1, -0.05) is 18.2 Å². The summed E-state index contributed by atoms with van der Waals surface area (Å²) in [4.78, 5) is 14.6. The Bertz CT molecular complexity index is 1010. The van der Waals surface area contributed by atoms with Crippen molar-refractivity contribution in [3.63, 3.8) is 0 Å². The van der Waals surface area contributed by atoms with Crippen molar-refractivity contribution in [2.75, 3.05) is 44.8 Å². The number of likely N-dealkylation sites (N-methyl/N-ethyl adjacent to an activating group) is 1. The van der Waals surface area contributed by atoms with E-state index in [1.54, 1.807) is 6.07 Å². The molecule has 7 nitrogen and oxygen atoms in total. The van der Waals surface area contributed by atoms with E-state index in [-0.39, 0.29) is 12.3 Å². The molecular weight excluding hydrogens is 411 g/mol. The van der Waals surface area contributed by atoms with Gasteiger partial charge < -0.3 is 25.0 Å². The first-order valence-electron chi connectivity index (χ1n) is 10.8. The van der Waals surface area contributed by atoms with Crippen LogP contribution >= 0.6 is 0 Å². The molecule has 168 valence electrons. The highest BCUT2D eigenvalue weighted by atomic mass is 19.1. The van der Waals surface area contributed by atoms with Gasteiger partial charge in [-0.2, -0.15) is 5.26 Å². The highest BCUT2D eigenvalue weighted by Crippen LogP contribution is 2.35. The van der Waals surface area contributed by atoms with E-state index in [4.69, 9.17) is 9.47 Å². The largest absolute Gasteiger partial charge is 0.490 e. The molecule has 2 aromatic carbocycles. The number of carbonyl (C=O) groups is 1. The number of fused-ring (bicyclic) bond motifs is 1. The summed E-state index contributed by atoms with van der Waals surface area (Å²) in [6, 6.07) is 12.0. The molecule has 2 aliphatic heterocycles. The van der Waals surface area contributed by atoms with Crippen LogP contribution in [0.2, 0.25) is 0 Å². The summed E-state index contributed by atoms with van der Waals surface area (Å²) in [5, 5.41) is 15.3. The van der Waals surface area contributed by atoms with Gasteiger partial charge in [0, 0.05) is 26.6 Å². The second kappa shape index (κ2) is 9.98. The summed E-state index contributed by atoms with van der Waals surface area (Å²) in [5.74, 6) is 0.0510. The van der Waals surface area contributed by atoms with Crippen molar-refractivity contribution >= 4 is 11.6 Å². The van der Waals surface area contributed by atoms with Gasteiger partial charge in [0.25, 0.3) is 5.91 Å². The number of rotatable bonds is 5. The number of hydrogen-bond acceptors (Lipinski definition) is 6. The lowest BCUT2D eigenvalue weighted by Crippen LogP contribution is -2.46. The van der Waals surface area contributed by atoms with Gasteiger partial charge in [-0.05, 0) is 47.9 Å². The molecule has 8 heteroatoms. The van der Waals surface area contributed by atoms with Gasteiger partial charge in [0.15, 0.2) is 0 Å². The molecule has 0 aliphatic carbocycles. The van der Waals surface area contributed by atoms with Gasteiger partial charge in [-0.3, -0.25) is 4.79 Å². The van der Waals surface area contributed by atoms with Crippen LogP contribution in [-0.4, -0.2) is 57.9 Å². The summed E-state index contributed by atoms with van der Waals surface area (Å²) < 4.78 is 26.1. The van der Waals surface area contributed by atoms with Crippen LogP contribution in [0.3, 0.4) is 0 Å². The number of carbonyl (C=O) groups excluding carboxylic acids is 1. The fraction of sp³-hybridized carbons (Fsp3) is 0.417. The third kappa shape index (κ3) is 5.01. The Morgan fingerprint density at radius 1 is 1.31 bits per heavy atom. The lowest BCUT2D eigenvalue weighted by atomic mass is 9.99. The van der Waals surface area contributed by atoms with E-state index < -0.39 is 18.0 Å². The van der Waals surface area contributed by atoms with E-state index in [0.717, 1.165) is 42.1 Å². The van der Waals surface area contributed by atoms with Crippen LogP contribution in [0.25, 0.3) is 11.1 Å². The smallest absolute Gasteiger partial charge is 0.251 e. The Hall–Kier alpha value is -3.15.